The molecule has 4 rings (SSSR count). The fourth-order valence-corrected chi connectivity index (χ4v) is 3.90. The van der Waals surface area contributed by atoms with Crippen LogP contribution in [0.1, 0.15) is 32.6 Å². The minimum atomic E-state index is -4.61. The Hall–Kier alpha value is -4.09. The van der Waals surface area contributed by atoms with Gasteiger partial charge < -0.3 is 15.4 Å². The summed E-state index contributed by atoms with van der Waals surface area (Å²) in [6, 6.07) is 8.44. The predicted octanol–water partition coefficient (Wildman–Crippen LogP) is 4.54. The third-order valence-corrected chi connectivity index (χ3v) is 5.94. The van der Waals surface area contributed by atoms with Crippen molar-refractivity contribution in [1.29, 1.82) is 0 Å². The van der Waals surface area contributed by atoms with E-state index in [1.807, 2.05) is 4.90 Å². The number of morpholine rings is 1. The molecule has 2 aromatic carbocycles. The number of aryl methyl sites for hydroxylation is 1. The second-order valence-electron chi connectivity index (χ2n) is 8.74. The van der Waals surface area contributed by atoms with Gasteiger partial charge >= 0.3 is 6.18 Å². The molecule has 2 heterocycles. The van der Waals surface area contributed by atoms with Gasteiger partial charge in [-0.1, -0.05) is 12.1 Å². The third-order valence-electron chi connectivity index (χ3n) is 5.94. The zero-order valence-corrected chi connectivity index (χ0v) is 20.6. The molecule has 2 N–H and O–H groups in total. The highest BCUT2D eigenvalue weighted by molar-refractivity contribution is 6.06. The molecule has 8 nitrogen and oxygen atoms in total. The minimum absolute atomic E-state index is 0.103. The van der Waals surface area contributed by atoms with Crippen molar-refractivity contribution in [3.63, 3.8) is 0 Å². The molecule has 1 aliphatic rings. The van der Waals surface area contributed by atoms with E-state index >= 15 is 0 Å². The number of alkyl halides is 3. The summed E-state index contributed by atoms with van der Waals surface area (Å²) >= 11 is 0. The van der Waals surface area contributed by atoms with Crippen LogP contribution in [-0.4, -0.2) is 53.0 Å². The van der Waals surface area contributed by atoms with Crippen LogP contribution >= 0.6 is 0 Å². The number of carbonyl (C=O) groups is 2. The van der Waals surface area contributed by atoms with Gasteiger partial charge in [0.15, 0.2) is 0 Å². The van der Waals surface area contributed by atoms with E-state index in [4.69, 9.17) is 4.74 Å². The van der Waals surface area contributed by atoms with E-state index in [0.29, 0.717) is 43.2 Å². The van der Waals surface area contributed by atoms with Crippen molar-refractivity contribution < 1.29 is 27.5 Å². The van der Waals surface area contributed by atoms with E-state index in [-0.39, 0.29) is 17.7 Å². The first-order valence-electron chi connectivity index (χ1n) is 11.9. The molecule has 1 aliphatic heterocycles. The van der Waals surface area contributed by atoms with Gasteiger partial charge in [0.2, 0.25) is 5.91 Å². The smallest absolute Gasteiger partial charge is 0.379 e. The van der Waals surface area contributed by atoms with Gasteiger partial charge in [0.1, 0.15) is 6.33 Å². The van der Waals surface area contributed by atoms with Gasteiger partial charge in [-0.2, -0.15) is 13.2 Å². The van der Waals surface area contributed by atoms with E-state index in [9.17, 15) is 22.8 Å². The number of nitrogens with zero attached hydrogens (tertiary/aromatic N) is 3. The number of aromatic nitrogens is 2. The highest BCUT2D eigenvalue weighted by Crippen LogP contribution is 2.34. The molecule has 1 saturated heterocycles. The molecule has 0 saturated carbocycles. The Labute approximate surface area is 217 Å². The molecule has 38 heavy (non-hydrogen) atoms. The van der Waals surface area contributed by atoms with Crippen LogP contribution in [0.15, 0.2) is 61.2 Å². The van der Waals surface area contributed by atoms with Gasteiger partial charge in [-0.25, -0.2) is 9.97 Å². The highest BCUT2D eigenvalue weighted by Gasteiger charge is 2.34. The molecule has 0 aliphatic carbocycles. The van der Waals surface area contributed by atoms with E-state index in [1.165, 1.54) is 24.5 Å². The predicted molar refractivity (Wildman–Crippen MR) is 136 cm³/mol. The van der Waals surface area contributed by atoms with E-state index in [2.05, 4.69) is 20.6 Å². The van der Waals surface area contributed by atoms with Crippen LogP contribution in [0, 0.1) is 6.92 Å². The minimum Gasteiger partial charge on any atom is -0.379 e. The first kappa shape index (κ1) is 27.0. The largest absolute Gasteiger partial charge is 0.416 e. The summed E-state index contributed by atoms with van der Waals surface area (Å²) in [5.41, 5.74) is 1.29. The summed E-state index contributed by atoms with van der Waals surface area (Å²) < 4.78 is 46.8. The lowest BCUT2D eigenvalue weighted by Crippen LogP contribution is -2.36. The number of hydrogen-bond acceptors (Lipinski definition) is 6. The summed E-state index contributed by atoms with van der Waals surface area (Å²) in [6.07, 6.45) is 2.75. The number of carbonyl (C=O) groups excluding carboxylic acids is 2. The van der Waals surface area contributed by atoms with Crippen LogP contribution in [0.5, 0.6) is 0 Å². The van der Waals surface area contributed by atoms with Gasteiger partial charge in [-0.15, -0.1) is 0 Å². The van der Waals surface area contributed by atoms with Crippen molar-refractivity contribution in [2.75, 3.05) is 36.9 Å². The van der Waals surface area contributed by atoms with Crippen LogP contribution in [0.4, 0.5) is 24.5 Å². The summed E-state index contributed by atoms with van der Waals surface area (Å²) in [4.78, 5) is 34.8. The Balaban J connectivity index is 1.47. The normalized spacial score (nSPS) is 14.4. The van der Waals surface area contributed by atoms with Crippen molar-refractivity contribution in [3.05, 3.63) is 89.0 Å². The van der Waals surface area contributed by atoms with Gasteiger partial charge in [0.05, 0.1) is 18.8 Å². The average Bonchev–Trinajstić information content (AvgIpc) is 2.90. The molecule has 11 heteroatoms. The topological polar surface area (TPSA) is 96.5 Å². The second kappa shape index (κ2) is 12.0. The molecular weight excluding hydrogens is 499 g/mol. The Morgan fingerprint density at radius 3 is 2.50 bits per heavy atom. The first-order valence-corrected chi connectivity index (χ1v) is 11.9. The Kier molecular flexibility index (Phi) is 8.49. The van der Waals surface area contributed by atoms with Crippen molar-refractivity contribution in [2.24, 2.45) is 0 Å². The number of benzene rings is 2. The van der Waals surface area contributed by atoms with E-state index < -0.39 is 23.6 Å². The SMILES string of the molecule is Cc1ccc(NC(=O)c2ccc(CN3CCOCC3)c(C(F)(F)F)c2)cc1NC(=O)C=Cc1cncnc1. The molecule has 2 amide bonds. The summed E-state index contributed by atoms with van der Waals surface area (Å²) in [7, 11) is 0. The van der Waals surface area contributed by atoms with Crippen LogP contribution in [0.3, 0.4) is 0 Å². The maximum atomic E-state index is 13.8. The monoisotopic (exact) mass is 525 g/mol. The van der Waals surface area contributed by atoms with Gasteiger partial charge in [-0.3, -0.25) is 14.5 Å². The van der Waals surface area contributed by atoms with Crippen LogP contribution in [0.25, 0.3) is 6.08 Å². The molecule has 0 atom stereocenters. The second-order valence-corrected chi connectivity index (χ2v) is 8.74. The number of rotatable bonds is 7. The van der Waals surface area contributed by atoms with Crippen molar-refractivity contribution in [2.45, 2.75) is 19.6 Å². The fourth-order valence-electron chi connectivity index (χ4n) is 3.90. The molecular formula is C27H26F3N5O3. The van der Waals surface area contributed by atoms with Crippen molar-refractivity contribution in [1.82, 2.24) is 14.9 Å². The summed E-state index contributed by atoms with van der Waals surface area (Å²) in [5, 5.41) is 5.35. The zero-order chi connectivity index (χ0) is 27.1. The quantitative estimate of drug-likeness (QED) is 0.440. The van der Waals surface area contributed by atoms with Gasteiger partial charge in [0, 0.05) is 60.6 Å². The first-order chi connectivity index (χ1) is 18.2. The lowest BCUT2D eigenvalue weighted by Gasteiger charge is -2.27. The van der Waals surface area contributed by atoms with Crippen molar-refractivity contribution >= 4 is 29.3 Å². The number of hydrogen-bond donors (Lipinski definition) is 2. The Morgan fingerprint density at radius 1 is 1.05 bits per heavy atom. The number of nitrogens with one attached hydrogen (secondary N) is 2. The lowest BCUT2D eigenvalue weighted by molar-refractivity contribution is -0.138. The van der Waals surface area contributed by atoms with Gasteiger partial charge in [0.25, 0.3) is 5.91 Å². The molecule has 0 unspecified atom stereocenters. The molecule has 3 aromatic rings. The Morgan fingerprint density at radius 2 is 1.79 bits per heavy atom. The van der Waals surface area contributed by atoms with E-state index in [1.54, 1.807) is 43.6 Å². The molecule has 198 valence electrons. The third kappa shape index (κ3) is 7.24. The summed E-state index contributed by atoms with van der Waals surface area (Å²) in [5.74, 6) is -1.11. The maximum absolute atomic E-state index is 13.8. The molecule has 0 bridgehead atoms. The average molecular weight is 526 g/mol. The highest BCUT2D eigenvalue weighted by atomic mass is 19.4. The standard InChI is InChI=1S/C27H26F3N5O3/c1-18-2-6-22(13-24(18)34-25(36)7-3-19-14-31-17-32-15-19)33-26(37)20-4-5-21(23(12-20)27(28,29)30)16-35-8-10-38-11-9-35/h2-7,12-15,17H,8-11,16H2,1H3,(H,33,37)(H,34,36). The molecule has 0 spiro atoms. The van der Waals surface area contributed by atoms with Crippen LogP contribution in [0.2, 0.25) is 0 Å². The zero-order valence-electron chi connectivity index (χ0n) is 20.6. The van der Waals surface area contributed by atoms with E-state index in [0.717, 1.165) is 11.6 Å². The molecule has 1 aromatic heterocycles. The fraction of sp³-hybridized carbons (Fsp3) is 0.259. The Bertz CT molecular complexity index is 1320. The van der Waals surface area contributed by atoms with Crippen molar-refractivity contribution in [3.8, 4) is 0 Å². The van der Waals surface area contributed by atoms with Crippen LogP contribution < -0.4 is 10.6 Å². The van der Waals surface area contributed by atoms with Gasteiger partial charge in [-0.05, 0) is 48.4 Å². The molecule has 1 fully saturated rings. The lowest BCUT2D eigenvalue weighted by atomic mass is 10.0. The van der Waals surface area contributed by atoms with Crippen LogP contribution in [-0.2, 0) is 22.3 Å². The maximum Gasteiger partial charge on any atom is 0.416 e. The molecule has 0 radical (unpaired) electrons. The number of anilines is 2. The summed E-state index contributed by atoms with van der Waals surface area (Å²) in [6.45, 7) is 3.93. The number of amides is 2. The number of ether oxygens (including phenoxy) is 1. The number of halogens is 3.